The predicted octanol–water partition coefficient (Wildman–Crippen LogP) is 3.07. The number of hydrogen-bond donors (Lipinski definition) is 1. The second-order valence-corrected chi connectivity index (χ2v) is 5.04. The number of nitrogens with zero attached hydrogens (tertiary/aromatic N) is 7. The van der Waals surface area contributed by atoms with Gasteiger partial charge in [-0.05, 0) is 6.42 Å². The fraction of sp³-hybridized carbons (Fsp3) is 0.500. The molecule has 0 aliphatic rings. The highest BCUT2D eigenvalue weighted by Gasteiger charge is 2.09. The topological polar surface area (TPSA) is 110 Å². The third-order valence-corrected chi connectivity index (χ3v) is 3.32. The molecular formula is C14H20N8. The highest BCUT2D eigenvalue weighted by molar-refractivity contribution is 5.56. The SMILES string of the molecule is CCCCCCn1cc(C#N)c(N=Nc2cnn(C)c2N)n1. The van der Waals surface area contributed by atoms with Gasteiger partial charge < -0.3 is 5.73 Å². The first-order valence-corrected chi connectivity index (χ1v) is 7.32. The summed E-state index contributed by atoms with van der Waals surface area (Å²) in [6.45, 7) is 2.95. The van der Waals surface area contributed by atoms with Crippen LogP contribution >= 0.6 is 0 Å². The largest absolute Gasteiger partial charge is 0.382 e. The van der Waals surface area contributed by atoms with Crippen molar-refractivity contribution in [1.82, 2.24) is 19.6 Å². The fourth-order valence-electron chi connectivity index (χ4n) is 1.99. The van der Waals surface area contributed by atoms with Crippen LogP contribution < -0.4 is 5.73 Å². The number of aromatic nitrogens is 4. The summed E-state index contributed by atoms with van der Waals surface area (Å²) >= 11 is 0. The first-order chi connectivity index (χ1) is 10.7. The Morgan fingerprint density at radius 2 is 2.14 bits per heavy atom. The Morgan fingerprint density at radius 3 is 2.77 bits per heavy atom. The summed E-state index contributed by atoms with van der Waals surface area (Å²) in [4.78, 5) is 0. The maximum Gasteiger partial charge on any atom is 0.213 e. The summed E-state index contributed by atoms with van der Waals surface area (Å²) in [5, 5.41) is 25.5. The molecule has 0 saturated carbocycles. The van der Waals surface area contributed by atoms with E-state index in [9.17, 15) is 0 Å². The standard InChI is InChI=1S/C14H20N8/c1-3-4-5-6-7-22-10-11(8-15)14(20-22)19-18-12-9-17-21(2)13(12)16/h9-10H,3-7,16H2,1-2H3. The van der Waals surface area contributed by atoms with Crippen molar-refractivity contribution in [3.63, 3.8) is 0 Å². The lowest BCUT2D eigenvalue weighted by Gasteiger charge is -1.99. The lowest BCUT2D eigenvalue weighted by Crippen LogP contribution is -1.98. The summed E-state index contributed by atoms with van der Waals surface area (Å²) < 4.78 is 3.25. The molecule has 0 amide bonds. The van der Waals surface area contributed by atoms with E-state index in [2.05, 4.69) is 33.4 Å². The Morgan fingerprint density at radius 1 is 1.32 bits per heavy atom. The minimum absolute atomic E-state index is 0.307. The molecule has 2 rings (SSSR count). The number of rotatable bonds is 7. The fourth-order valence-corrected chi connectivity index (χ4v) is 1.99. The van der Waals surface area contributed by atoms with Gasteiger partial charge in [0.15, 0.2) is 0 Å². The van der Waals surface area contributed by atoms with Crippen molar-refractivity contribution < 1.29 is 0 Å². The van der Waals surface area contributed by atoms with E-state index in [0.29, 0.717) is 22.9 Å². The van der Waals surface area contributed by atoms with Crippen molar-refractivity contribution in [3.05, 3.63) is 18.0 Å². The molecule has 0 unspecified atom stereocenters. The molecule has 8 nitrogen and oxygen atoms in total. The van der Waals surface area contributed by atoms with Gasteiger partial charge in [0.05, 0.1) is 6.20 Å². The van der Waals surface area contributed by atoms with E-state index in [1.165, 1.54) is 23.7 Å². The van der Waals surface area contributed by atoms with Crippen molar-refractivity contribution in [1.29, 1.82) is 5.26 Å². The molecule has 0 atom stereocenters. The number of anilines is 1. The zero-order valence-electron chi connectivity index (χ0n) is 12.9. The maximum absolute atomic E-state index is 9.15. The monoisotopic (exact) mass is 300 g/mol. The lowest BCUT2D eigenvalue weighted by molar-refractivity contribution is 0.541. The quantitative estimate of drug-likeness (QED) is 0.625. The molecule has 2 aromatic heterocycles. The number of nitriles is 1. The molecule has 8 heteroatoms. The zero-order valence-corrected chi connectivity index (χ0v) is 12.9. The second-order valence-electron chi connectivity index (χ2n) is 5.04. The Kier molecular flexibility index (Phi) is 5.25. The Hall–Kier alpha value is -2.69. The van der Waals surface area contributed by atoms with E-state index >= 15 is 0 Å². The van der Waals surface area contributed by atoms with Crippen LogP contribution in [-0.2, 0) is 13.6 Å². The van der Waals surface area contributed by atoms with Crippen molar-refractivity contribution in [2.75, 3.05) is 5.73 Å². The number of azo groups is 1. The molecule has 0 aliphatic carbocycles. The van der Waals surface area contributed by atoms with Crippen LogP contribution in [0.3, 0.4) is 0 Å². The van der Waals surface area contributed by atoms with Crippen LogP contribution in [0.15, 0.2) is 22.6 Å². The molecule has 0 radical (unpaired) electrons. The summed E-state index contributed by atoms with van der Waals surface area (Å²) in [6, 6.07) is 2.08. The number of nitrogen functional groups attached to an aromatic ring is 1. The van der Waals surface area contributed by atoms with E-state index in [4.69, 9.17) is 11.0 Å². The molecule has 0 spiro atoms. The van der Waals surface area contributed by atoms with Crippen LogP contribution in [0, 0.1) is 11.3 Å². The number of hydrogen-bond acceptors (Lipinski definition) is 6. The number of unbranched alkanes of at least 4 members (excludes halogenated alkanes) is 3. The Bertz CT molecular complexity index is 688. The van der Waals surface area contributed by atoms with Crippen molar-refractivity contribution in [3.8, 4) is 6.07 Å². The lowest BCUT2D eigenvalue weighted by atomic mass is 10.2. The Balaban J connectivity index is 2.08. The molecule has 0 saturated heterocycles. The third kappa shape index (κ3) is 3.69. The van der Waals surface area contributed by atoms with Crippen LogP contribution in [0.5, 0.6) is 0 Å². The molecule has 22 heavy (non-hydrogen) atoms. The average Bonchev–Trinajstić information content (AvgIpc) is 3.06. The van der Waals surface area contributed by atoms with Crippen molar-refractivity contribution >= 4 is 17.3 Å². The summed E-state index contributed by atoms with van der Waals surface area (Å²) in [5.41, 5.74) is 6.66. The van der Waals surface area contributed by atoms with Gasteiger partial charge in [-0.25, -0.2) is 0 Å². The van der Waals surface area contributed by atoms with Gasteiger partial charge in [-0.1, -0.05) is 26.2 Å². The van der Waals surface area contributed by atoms with Gasteiger partial charge in [0, 0.05) is 19.8 Å². The van der Waals surface area contributed by atoms with Gasteiger partial charge in [0.25, 0.3) is 0 Å². The first kappa shape index (κ1) is 15.7. The predicted molar refractivity (Wildman–Crippen MR) is 82.9 cm³/mol. The van der Waals surface area contributed by atoms with Crippen molar-refractivity contribution in [2.24, 2.45) is 17.3 Å². The Labute approximate surface area is 129 Å². The number of aryl methyl sites for hydroxylation is 2. The molecule has 2 N–H and O–H groups in total. The smallest absolute Gasteiger partial charge is 0.213 e. The van der Waals surface area contributed by atoms with Crippen LogP contribution in [-0.4, -0.2) is 19.6 Å². The molecule has 0 aromatic carbocycles. The number of nitrogens with two attached hydrogens (primary N) is 1. The first-order valence-electron chi connectivity index (χ1n) is 7.32. The zero-order chi connectivity index (χ0) is 15.9. The minimum atomic E-state index is 0.307. The van der Waals surface area contributed by atoms with Gasteiger partial charge in [-0.2, -0.15) is 10.4 Å². The van der Waals surface area contributed by atoms with Crippen LogP contribution in [0.4, 0.5) is 17.3 Å². The van der Waals surface area contributed by atoms with Gasteiger partial charge in [-0.15, -0.1) is 15.3 Å². The minimum Gasteiger partial charge on any atom is -0.382 e. The van der Waals surface area contributed by atoms with E-state index in [1.54, 1.807) is 17.9 Å². The van der Waals surface area contributed by atoms with E-state index in [-0.39, 0.29) is 0 Å². The van der Waals surface area contributed by atoms with Crippen LogP contribution in [0.1, 0.15) is 38.2 Å². The van der Waals surface area contributed by atoms with E-state index in [0.717, 1.165) is 19.4 Å². The summed E-state index contributed by atoms with van der Waals surface area (Å²) in [5.74, 6) is 0.725. The maximum atomic E-state index is 9.15. The molecule has 2 heterocycles. The molecule has 116 valence electrons. The highest BCUT2D eigenvalue weighted by Crippen LogP contribution is 2.24. The van der Waals surface area contributed by atoms with Gasteiger partial charge >= 0.3 is 0 Å². The van der Waals surface area contributed by atoms with Gasteiger partial charge in [0.1, 0.15) is 23.1 Å². The average molecular weight is 300 g/mol. The summed E-state index contributed by atoms with van der Waals surface area (Å²) in [7, 11) is 1.72. The van der Waals surface area contributed by atoms with Crippen LogP contribution in [0.25, 0.3) is 0 Å². The molecule has 0 fully saturated rings. The molecule has 0 bridgehead atoms. The van der Waals surface area contributed by atoms with Gasteiger partial charge in [-0.3, -0.25) is 9.36 Å². The molecule has 0 aliphatic heterocycles. The van der Waals surface area contributed by atoms with E-state index < -0.39 is 0 Å². The molecular weight excluding hydrogens is 280 g/mol. The second kappa shape index (κ2) is 7.36. The van der Waals surface area contributed by atoms with Gasteiger partial charge in [0.2, 0.25) is 5.82 Å². The highest BCUT2D eigenvalue weighted by atomic mass is 15.3. The van der Waals surface area contributed by atoms with E-state index in [1.807, 2.05) is 0 Å². The van der Waals surface area contributed by atoms with Crippen molar-refractivity contribution in [2.45, 2.75) is 39.2 Å². The molecule has 2 aromatic rings. The summed E-state index contributed by atoms with van der Waals surface area (Å²) in [6.07, 6.45) is 7.81. The third-order valence-electron chi connectivity index (χ3n) is 3.32. The normalized spacial score (nSPS) is 11.1. The van der Waals surface area contributed by atoms with Crippen LogP contribution in [0.2, 0.25) is 0 Å².